The van der Waals surface area contributed by atoms with Crippen LogP contribution >= 0.6 is 0 Å². The minimum Gasteiger partial charge on any atom is -0.332 e. The highest BCUT2D eigenvalue weighted by Gasteiger charge is 2.26. The highest BCUT2D eigenvalue weighted by Crippen LogP contribution is 2.39. The molecule has 100 valence electrons. The number of hydrogen-bond donors (Lipinski definition) is 1. The van der Waals surface area contributed by atoms with Crippen molar-refractivity contribution in [3.05, 3.63) is 41.6 Å². The van der Waals surface area contributed by atoms with E-state index in [9.17, 15) is 0 Å². The summed E-state index contributed by atoms with van der Waals surface area (Å²) in [5.41, 5.74) is 4.01. The molecule has 0 unspecified atom stereocenters. The second kappa shape index (κ2) is 4.30. The Morgan fingerprint density at radius 1 is 1.25 bits per heavy atom. The molecule has 1 aliphatic carbocycles. The molecule has 1 aliphatic rings. The molecule has 4 rings (SSSR count). The lowest BCUT2D eigenvalue weighted by molar-refractivity contribution is 0.431. The van der Waals surface area contributed by atoms with E-state index in [4.69, 9.17) is 4.52 Å². The molecule has 0 bridgehead atoms. The summed E-state index contributed by atoms with van der Waals surface area (Å²) in [5, 5.41) is 11.3. The third kappa shape index (κ3) is 2.01. The second-order valence-electron chi connectivity index (χ2n) is 5.28. The van der Waals surface area contributed by atoms with Gasteiger partial charge < -0.3 is 4.52 Å². The van der Waals surface area contributed by atoms with Gasteiger partial charge in [-0.15, -0.1) is 0 Å². The molecule has 0 radical (unpaired) electrons. The molecule has 20 heavy (non-hydrogen) atoms. The summed E-state index contributed by atoms with van der Waals surface area (Å²) in [5.74, 6) is 1.69. The predicted octanol–water partition coefficient (Wildman–Crippen LogP) is 3.31. The van der Waals surface area contributed by atoms with Crippen molar-refractivity contribution in [2.45, 2.75) is 25.7 Å². The molecule has 1 saturated carbocycles. The van der Waals surface area contributed by atoms with Gasteiger partial charge in [-0.25, -0.2) is 0 Å². The first kappa shape index (κ1) is 11.4. The fraction of sp³-hybridized carbons (Fsp3) is 0.267. The first-order valence-electron chi connectivity index (χ1n) is 6.76. The monoisotopic (exact) mass is 266 g/mol. The number of rotatable bonds is 3. The minimum absolute atomic E-state index is 0.463. The van der Waals surface area contributed by atoms with Crippen LogP contribution in [0.25, 0.3) is 23.0 Å². The number of H-pyrrole nitrogens is 1. The Morgan fingerprint density at radius 2 is 2.15 bits per heavy atom. The van der Waals surface area contributed by atoms with Crippen LogP contribution in [0.15, 0.2) is 34.9 Å². The topological polar surface area (TPSA) is 67.6 Å². The molecule has 1 fully saturated rings. The van der Waals surface area contributed by atoms with E-state index in [0.29, 0.717) is 17.6 Å². The molecule has 0 aliphatic heterocycles. The van der Waals surface area contributed by atoms with Gasteiger partial charge in [-0.1, -0.05) is 28.9 Å². The fourth-order valence-corrected chi connectivity index (χ4v) is 2.28. The second-order valence-corrected chi connectivity index (χ2v) is 5.28. The molecular formula is C15H14N4O. The summed E-state index contributed by atoms with van der Waals surface area (Å²) in [6.45, 7) is 2.04. The van der Waals surface area contributed by atoms with Crippen LogP contribution in [0.1, 0.15) is 30.0 Å². The van der Waals surface area contributed by atoms with Gasteiger partial charge in [0.1, 0.15) is 0 Å². The van der Waals surface area contributed by atoms with Crippen LogP contribution in [0.5, 0.6) is 0 Å². The Bertz CT molecular complexity index is 755. The SMILES string of the molecule is Cc1cccc(-c2noc(-c3cc(C4CC4)[nH]n3)n2)c1. The zero-order valence-corrected chi connectivity index (χ0v) is 11.1. The maximum Gasteiger partial charge on any atom is 0.278 e. The molecule has 0 spiro atoms. The molecule has 2 aromatic heterocycles. The Hall–Kier alpha value is -2.43. The van der Waals surface area contributed by atoms with E-state index < -0.39 is 0 Å². The molecular weight excluding hydrogens is 252 g/mol. The van der Waals surface area contributed by atoms with Crippen LogP contribution in [0.4, 0.5) is 0 Å². The Kier molecular flexibility index (Phi) is 2.45. The Labute approximate surface area is 116 Å². The van der Waals surface area contributed by atoms with Gasteiger partial charge in [-0.2, -0.15) is 10.1 Å². The van der Waals surface area contributed by atoms with Crippen molar-refractivity contribution in [3.63, 3.8) is 0 Å². The number of benzene rings is 1. The van der Waals surface area contributed by atoms with Gasteiger partial charge in [0.2, 0.25) is 5.82 Å². The normalized spacial score (nSPS) is 14.7. The van der Waals surface area contributed by atoms with Gasteiger partial charge in [0, 0.05) is 17.2 Å². The predicted molar refractivity (Wildman–Crippen MR) is 74.0 cm³/mol. The molecule has 5 nitrogen and oxygen atoms in total. The summed E-state index contributed by atoms with van der Waals surface area (Å²) >= 11 is 0. The Morgan fingerprint density at radius 3 is 2.95 bits per heavy atom. The van der Waals surface area contributed by atoms with Gasteiger partial charge in [-0.05, 0) is 31.9 Å². The van der Waals surface area contributed by atoms with E-state index in [1.165, 1.54) is 18.4 Å². The quantitative estimate of drug-likeness (QED) is 0.789. The third-order valence-corrected chi connectivity index (χ3v) is 3.54. The lowest BCUT2D eigenvalue weighted by atomic mass is 10.1. The van der Waals surface area contributed by atoms with E-state index in [1.807, 2.05) is 37.3 Å². The standard InChI is InChI=1S/C15H14N4O/c1-9-3-2-4-11(7-9)14-16-15(20-19-14)13-8-12(17-18-13)10-5-6-10/h2-4,7-8,10H,5-6H2,1H3,(H,17,18). The molecule has 0 atom stereocenters. The molecule has 1 N–H and O–H groups in total. The summed E-state index contributed by atoms with van der Waals surface area (Å²) in [7, 11) is 0. The number of hydrogen-bond acceptors (Lipinski definition) is 4. The van der Waals surface area contributed by atoms with Crippen molar-refractivity contribution in [1.29, 1.82) is 0 Å². The van der Waals surface area contributed by atoms with Crippen LogP contribution in [0.3, 0.4) is 0 Å². The fourth-order valence-electron chi connectivity index (χ4n) is 2.28. The molecule has 3 aromatic rings. The average Bonchev–Trinajstić information content (AvgIpc) is 3.01. The van der Waals surface area contributed by atoms with Crippen LogP contribution in [0.2, 0.25) is 0 Å². The number of aromatic amines is 1. The summed E-state index contributed by atoms with van der Waals surface area (Å²) in [6, 6.07) is 10.0. The van der Waals surface area contributed by atoms with Crippen LogP contribution < -0.4 is 0 Å². The van der Waals surface area contributed by atoms with Gasteiger partial charge in [-0.3, -0.25) is 5.10 Å². The summed E-state index contributed by atoms with van der Waals surface area (Å²) < 4.78 is 5.31. The largest absolute Gasteiger partial charge is 0.332 e. The lowest BCUT2D eigenvalue weighted by Crippen LogP contribution is -1.82. The maximum absolute atomic E-state index is 5.31. The van der Waals surface area contributed by atoms with E-state index in [1.54, 1.807) is 0 Å². The first-order valence-corrected chi connectivity index (χ1v) is 6.76. The van der Waals surface area contributed by atoms with Gasteiger partial charge in [0.05, 0.1) is 0 Å². The van der Waals surface area contributed by atoms with Crippen molar-refractivity contribution < 1.29 is 4.52 Å². The zero-order chi connectivity index (χ0) is 13.5. The highest BCUT2D eigenvalue weighted by atomic mass is 16.5. The van der Waals surface area contributed by atoms with Crippen LogP contribution in [-0.4, -0.2) is 20.3 Å². The number of nitrogens with zero attached hydrogens (tertiary/aromatic N) is 3. The van der Waals surface area contributed by atoms with Gasteiger partial charge in [0.25, 0.3) is 5.89 Å². The number of aryl methyl sites for hydroxylation is 1. The van der Waals surface area contributed by atoms with Gasteiger partial charge in [0.15, 0.2) is 5.69 Å². The molecule has 0 amide bonds. The van der Waals surface area contributed by atoms with Crippen molar-refractivity contribution in [2.24, 2.45) is 0 Å². The molecule has 2 heterocycles. The molecule has 1 aromatic carbocycles. The van der Waals surface area contributed by atoms with Crippen LogP contribution in [-0.2, 0) is 0 Å². The summed E-state index contributed by atoms with van der Waals surface area (Å²) in [6.07, 6.45) is 2.47. The smallest absolute Gasteiger partial charge is 0.278 e. The average molecular weight is 266 g/mol. The van der Waals surface area contributed by atoms with E-state index in [0.717, 1.165) is 17.0 Å². The lowest BCUT2D eigenvalue weighted by Gasteiger charge is -1.94. The zero-order valence-electron chi connectivity index (χ0n) is 11.1. The van der Waals surface area contributed by atoms with E-state index in [2.05, 4.69) is 20.3 Å². The summed E-state index contributed by atoms with van der Waals surface area (Å²) in [4.78, 5) is 4.42. The number of nitrogens with one attached hydrogen (secondary N) is 1. The van der Waals surface area contributed by atoms with Crippen LogP contribution in [0, 0.1) is 6.92 Å². The van der Waals surface area contributed by atoms with Crippen molar-refractivity contribution in [3.8, 4) is 23.0 Å². The molecule has 0 saturated heterocycles. The Balaban J connectivity index is 1.66. The highest BCUT2D eigenvalue weighted by molar-refractivity contribution is 5.58. The van der Waals surface area contributed by atoms with Crippen molar-refractivity contribution in [2.75, 3.05) is 0 Å². The first-order chi connectivity index (χ1) is 9.79. The van der Waals surface area contributed by atoms with Gasteiger partial charge >= 0.3 is 0 Å². The van der Waals surface area contributed by atoms with Crippen molar-refractivity contribution >= 4 is 0 Å². The van der Waals surface area contributed by atoms with E-state index in [-0.39, 0.29) is 0 Å². The minimum atomic E-state index is 0.463. The maximum atomic E-state index is 5.31. The van der Waals surface area contributed by atoms with Crippen molar-refractivity contribution in [1.82, 2.24) is 20.3 Å². The molecule has 5 heteroatoms. The van der Waals surface area contributed by atoms with E-state index >= 15 is 0 Å². The number of aromatic nitrogens is 4. The third-order valence-electron chi connectivity index (χ3n) is 3.54.